The molecule has 0 aliphatic carbocycles. The SMILES string of the molecule is COc1ccc(NC(=S)N/N=C\c2c(Cl)nc3sccn23)cc1. The third-order valence-electron chi connectivity index (χ3n) is 2.95. The molecular formula is C14H12ClN5OS2. The van der Waals surface area contributed by atoms with Gasteiger partial charge in [-0.25, -0.2) is 4.98 Å². The van der Waals surface area contributed by atoms with Gasteiger partial charge in [-0.1, -0.05) is 11.6 Å². The monoisotopic (exact) mass is 365 g/mol. The largest absolute Gasteiger partial charge is 0.497 e. The number of nitrogens with one attached hydrogen (secondary N) is 2. The number of hydrogen-bond donors (Lipinski definition) is 2. The Bertz CT molecular complexity index is 856. The van der Waals surface area contributed by atoms with E-state index >= 15 is 0 Å². The van der Waals surface area contributed by atoms with Crippen molar-refractivity contribution in [1.82, 2.24) is 14.8 Å². The lowest BCUT2D eigenvalue weighted by molar-refractivity contribution is 0.415. The highest BCUT2D eigenvalue weighted by Crippen LogP contribution is 2.19. The molecule has 0 bridgehead atoms. The number of anilines is 1. The van der Waals surface area contributed by atoms with Crippen molar-refractivity contribution in [3.05, 3.63) is 46.7 Å². The Morgan fingerprint density at radius 1 is 1.43 bits per heavy atom. The quantitative estimate of drug-likeness (QED) is 0.421. The van der Waals surface area contributed by atoms with Crippen molar-refractivity contribution in [2.24, 2.45) is 5.10 Å². The number of thiocarbonyl (C=S) groups is 1. The minimum absolute atomic E-state index is 0.369. The van der Waals surface area contributed by atoms with Crippen molar-refractivity contribution in [2.45, 2.75) is 0 Å². The Kier molecular flexibility index (Phi) is 4.75. The van der Waals surface area contributed by atoms with E-state index in [0.717, 1.165) is 16.4 Å². The van der Waals surface area contributed by atoms with Gasteiger partial charge in [-0.3, -0.25) is 9.83 Å². The summed E-state index contributed by atoms with van der Waals surface area (Å²) in [5, 5.41) is 9.81. The summed E-state index contributed by atoms with van der Waals surface area (Å²) in [6.45, 7) is 0. The van der Waals surface area contributed by atoms with Crippen LogP contribution in [0.1, 0.15) is 5.69 Å². The van der Waals surface area contributed by atoms with Crippen LogP contribution in [0.3, 0.4) is 0 Å². The fourth-order valence-corrected chi connectivity index (χ4v) is 3.04. The second-order valence-corrected chi connectivity index (χ2v) is 6.04. The van der Waals surface area contributed by atoms with Gasteiger partial charge in [0.15, 0.2) is 15.2 Å². The number of ether oxygens (including phenoxy) is 1. The van der Waals surface area contributed by atoms with Crippen LogP contribution in [0.25, 0.3) is 4.96 Å². The molecule has 23 heavy (non-hydrogen) atoms. The maximum Gasteiger partial charge on any atom is 0.195 e. The van der Waals surface area contributed by atoms with Gasteiger partial charge in [0.1, 0.15) is 11.4 Å². The lowest BCUT2D eigenvalue weighted by Crippen LogP contribution is -2.23. The van der Waals surface area contributed by atoms with Gasteiger partial charge < -0.3 is 10.1 Å². The van der Waals surface area contributed by atoms with E-state index in [1.165, 1.54) is 11.3 Å². The van der Waals surface area contributed by atoms with E-state index in [2.05, 4.69) is 20.8 Å². The van der Waals surface area contributed by atoms with Gasteiger partial charge in [0.2, 0.25) is 0 Å². The van der Waals surface area contributed by atoms with Crippen LogP contribution in [0, 0.1) is 0 Å². The van der Waals surface area contributed by atoms with Crippen molar-refractivity contribution < 1.29 is 4.74 Å². The number of hydrogen-bond acceptors (Lipinski definition) is 5. The average molecular weight is 366 g/mol. The number of methoxy groups -OCH3 is 1. The van der Waals surface area contributed by atoms with Crippen LogP contribution in [0.2, 0.25) is 5.15 Å². The summed E-state index contributed by atoms with van der Waals surface area (Å²) in [7, 11) is 1.62. The Hall–Kier alpha value is -2.16. The Labute approximate surface area is 146 Å². The van der Waals surface area contributed by atoms with Gasteiger partial charge in [-0.05, 0) is 36.5 Å². The van der Waals surface area contributed by atoms with Gasteiger partial charge in [0.25, 0.3) is 0 Å². The number of nitrogens with zero attached hydrogens (tertiary/aromatic N) is 3. The highest BCUT2D eigenvalue weighted by molar-refractivity contribution is 7.80. The zero-order chi connectivity index (χ0) is 16.2. The molecule has 0 saturated carbocycles. The van der Waals surface area contributed by atoms with E-state index in [0.29, 0.717) is 16.0 Å². The molecule has 0 amide bonds. The molecule has 0 fully saturated rings. The molecule has 6 nitrogen and oxygen atoms in total. The molecular weight excluding hydrogens is 354 g/mol. The summed E-state index contributed by atoms with van der Waals surface area (Å²) < 4.78 is 6.96. The summed E-state index contributed by atoms with van der Waals surface area (Å²) in [6, 6.07) is 7.40. The molecule has 1 aromatic carbocycles. The van der Waals surface area contributed by atoms with Crippen molar-refractivity contribution in [3.63, 3.8) is 0 Å². The van der Waals surface area contributed by atoms with E-state index < -0.39 is 0 Å². The minimum Gasteiger partial charge on any atom is -0.497 e. The van der Waals surface area contributed by atoms with Gasteiger partial charge in [-0.15, -0.1) is 11.3 Å². The average Bonchev–Trinajstić information content (AvgIpc) is 3.10. The van der Waals surface area contributed by atoms with Crippen molar-refractivity contribution in [1.29, 1.82) is 0 Å². The number of rotatable bonds is 4. The lowest BCUT2D eigenvalue weighted by Gasteiger charge is -2.07. The van der Waals surface area contributed by atoms with Crippen LogP contribution in [0.4, 0.5) is 5.69 Å². The number of halogens is 1. The van der Waals surface area contributed by atoms with E-state index in [1.54, 1.807) is 13.3 Å². The maximum absolute atomic E-state index is 6.08. The summed E-state index contributed by atoms with van der Waals surface area (Å²) in [5.74, 6) is 0.780. The molecule has 9 heteroatoms. The number of imidazole rings is 1. The van der Waals surface area contributed by atoms with Gasteiger partial charge in [-0.2, -0.15) is 5.10 Å². The van der Waals surface area contributed by atoms with Crippen LogP contribution in [-0.4, -0.2) is 27.8 Å². The van der Waals surface area contributed by atoms with Crippen molar-refractivity contribution >= 4 is 57.1 Å². The zero-order valence-electron chi connectivity index (χ0n) is 12.0. The first-order chi connectivity index (χ1) is 11.2. The van der Waals surface area contributed by atoms with E-state index in [9.17, 15) is 0 Å². The number of aromatic nitrogens is 2. The molecule has 0 saturated heterocycles. The van der Waals surface area contributed by atoms with Gasteiger partial charge in [0, 0.05) is 17.3 Å². The smallest absolute Gasteiger partial charge is 0.195 e. The summed E-state index contributed by atoms with van der Waals surface area (Å²) >= 11 is 12.8. The molecule has 2 aromatic heterocycles. The van der Waals surface area contributed by atoms with Gasteiger partial charge in [0.05, 0.1) is 13.3 Å². The molecule has 0 spiro atoms. The molecule has 0 aliphatic heterocycles. The third-order valence-corrected chi connectivity index (χ3v) is 4.18. The number of hydrazone groups is 1. The minimum atomic E-state index is 0.369. The van der Waals surface area contributed by atoms with E-state index in [-0.39, 0.29) is 0 Å². The third kappa shape index (κ3) is 3.61. The van der Waals surface area contributed by atoms with Crippen LogP contribution in [0.5, 0.6) is 5.75 Å². The first-order valence-electron chi connectivity index (χ1n) is 6.52. The summed E-state index contributed by atoms with van der Waals surface area (Å²) in [4.78, 5) is 5.04. The molecule has 118 valence electrons. The van der Waals surface area contributed by atoms with Gasteiger partial charge >= 0.3 is 0 Å². The molecule has 3 rings (SSSR count). The van der Waals surface area contributed by atoms with Crippen molar-refractivity contribution in [2.75, 3.05) is 12.4 Å². The molecule has 2 heterocycles. The maximum atomic E-state index is 6.08. The fraction of sp³-hybridized carbons (Fsp3) is 0.0714. The first-order valence-corrected chi connectivity index (χ1v) is 8.19. The first kappa shape index (κ1) is 15.7. The molecule has 0 aliphatic rings. The van der Waals surface area contributed by atoms with Crippen LogP contribution >= 0.6 is 35.2 Å². The standard InChI is InChI=1S/C14H12ClN5OS2/c1-21-10-4-2-9(3-5-10)17-13(22)19-16-8-11-12(15)18-14-20(11)6-7-23-14/h2-8H,1H3,(H2,17,19,22)/b16-8-. The second-order valence-electron chi connectivity index (χ2n) is 4.40. The molecule has 3 aromatic rings. The highest BCUT2D eigenvalue weighted by atomic mass is 35.5. The van der Waals surface area contributed by atoms with Crippen LogP contribution < -0.4 is 15.5 Å². The predicted octanol–water partition coefficient (Wildman–Crippen LogP) is 3.38. The van der Waals surface area contributed by atoms with E-state index in [4.69, 9.17) is 28.6 Å². The molecule has 0 unspecified atom stereocenters. The van der Waals surface area contributed by atoms with E-state index in [1.807, 2.05) is 40.2 Å². The number of thiazole rings is 1. The zero-order valence-corrected chi connectivity index (χ0v) is 14.4. The summed E-state index contributed by atoms with van der Waals surface area (Å²) in [5.41, 5.74) is 4.28. The number of benzene rings is 1. The molecule has 0 radical (unpaired) electrons. The molecule has 2 N–H and O–H groups in total. The van der Waals surface area contributed by atoms with Crippen LogP contribution in [0.15, 0.2) is 40.9 Å². The fourth-order valence-electron chi connectivity index (χ4n) is 1.88. The normalized spacial score (nSPS) is 11.0. The Morgan fingerprint density at radius 3 is 2.96 bits per heavy atom. The highest BCUT2D eigenvalue weighted by Gasteiger charge is 2.08. The Morgan fingerprint density at radius 2 is 2.22 bits per heavy atom. The van der Waals surface area contributed by atoms with Crippen molar-refractivity contribution in [3.8, 4) is 5.75 Å². The second kappa shape index (κ2) is 6.95. The number of fused-ring (bicyclic) bond motifs is 1. The lowest BCUT2D eigenvalue weighted by atomic mass is 10.3. The predicted molar refractivity (Wildman–Crippen MR) is 98.0 cm³/mol. The Balaban J connectivity index is 1.61. The summed E-state index contributed by atoms with van der Waals surface area (Å²) in [6.07, 6.45) is 3.46. The van der Waals surface area contributed by atoms with Crippen LogP contribution in [-0.2, 0) is 0 Å². The molecule has 0 atom stereocenters. The topological polar surface area (TPSA) is 63.0 Å².